The quantitative estimate of drug-likeness (QED) is 0.327. The number of rotatable bonds is 8. The van der Waals surface area contributed by atoms with Gasteiger partial charge in [0.25, 0.3) is 5.89 Å². The summed E-state index contributed by atoms with van der Waals surface area (Å²) >= 11 is 6.07. The maximum atomic E-state index is 12.7. The molecule has 0 N–H and O–H groups in total. The molecule has 33 heavy (non-hydrogen) atoms. The number of benzene rings is 2. The van der Waals surface area contributed by atoms with E-state index in [1.54, 1.807) is 50.4 Å². The standard InChI is InChI=1S/C23H21ClN2O6S/c1-4-30-19-9-6-15(11-21(19)29-3)22-25-23(32-26-22)20-10-7-16(31-20)13-33(27,28)17-8-5-14(2)18(24)12-17/h5-12H,4,13H2,1-3H3. The lowest BCUT2D eigenvalue weighted by Crippen LogP contribution is -2.04. The van der Waals surface area contributed by atoms with Crippen LogP contribution < -0.4 is 9.47 Å². The van der Waals surface area contributed by atoms with E-state index in [0.29, 0.717) is 34.5 Å². The second kappa shape index (κ2) is 9.29. The van der Waals surface area contributed by atoms with Gasteiger partial charge in [-0.15, -0.1) is 0 Å². The second-order valence-electron chi connectivity index (χ2n) is 7.16. The molecule has 2 aromatic carbocycles. The Labute approximate surface area is 196 Å². The maximum absolute atomic E-state index is 12.7. The van der Waals surface area contributed by atoms with Crippen LogP contribution in [0.15, 0.2) is 62.4 Å². The molecule has 4 aromatic rings. The average molecular weight is 489 g/mol. The molecule has 10 heteroatoms. The van der Waals surface area contributed by atoms with Crippen LogP contribution in [0, 0.1) is 6.92 Å². The first-order chi connectivity index (χ1) is 15.8. The third-order valence-electron chi connectivity index (χ3n) is 4.85. The van der Waals surface area contributed by atoms with Crippen LogP contribution in [0.4, 0.5) is 0 Å². The molecule has 8 nitrogen and oxygen atoms in total. The number of nitrogens with zero attached hydrogens (tertiary/aromatic N) is 2. The summed E-state index contributed by atoms with van der Waals surface area (Å²) in [6.45, 7) is 4.20. The Morgan fingerprint density at radius 1 is 1.06 bits per heavy atom. The highest BCUT2D eigenvalue weighted by Gasteiger charge is 2.21. The first-order valence-electron chi connectivity index (χ1n) is 10.0. The second-order valence-corrected chi connectivity index (χ2v) is 9.55. The lowest BCUT2D eigenvalue weighted by molar-refractivity contribution is 0.311. The summed E-state index contributed by atoms with van der Waals surface area (Å²) in [6, 6.07) is 13.1. The zero-order valence-electron chi connectivity index (χ0n) is 18.2. The molecule has 0 radical (unpaired) electrons. The van der Waals surface area contributed by atoms with Crippen molar-refractivity contribution in [3.05, 3.63) is 64.9 Å². The molecule has 2 heterocycles. The number of ether oxygens (including phenoxy) is 2. The average Bonchev–Trinajstić information content (AvgIpc) is 3.45. The first-order valence-corrected chi connectivity index (χ1v) is 12.1. The van der Waals surface area contributed by atoms with Gasteiger partial charge in [0.2, 0.25) is 5.82 Å². The lowest BCUT2D eigenvalue weighted by atomic mass is 10.2. The van der Waals surface area contributed by atoms with Gasteiger partial charge in [-0.3, -0.25) is 0 Å². The third kappa shape index (κ3) is 4.89. The van der Waals surface area contributed by atoms with Gasteiger partial charge < -0.3 is 18.4 Å². The zero-order valence-corrected chi connectivity index (χ0v) is 19.7. The number of methoxy groups -OCH3 is 1. The predicted octanol–water partition coefficient (Wildman–Crippen LogP) is 5.34. The highest BCUT2D eigenvalue weighted by molar-refractivity contribution is 7.90. The number of hydrogen-bond acceptors (Lipinski definition) is 8. The van der Waals surface area contributed by atoms with E-state index in [2.05, 4.69) is 10.1 Å². The predicted molar refractivity (Wildman–Crippen MR) is 122 cm³/mol. The van der Waals surface area contributed by atoms with Crippen LogP contribution >= 0.6 is 11.6 Å². The Bertz CT molecular complexity index is 1390. The molecule has 0 aliphatic carbocycles. The Morgan fingerprint density at radius 2 is 1.88 bits per heavy atom. The summed E-state index contributed by atoms with van der Waals surface area (Å²) in [6.07, 6.45) is 0. The molecule has 172 valence electrons. The van der Waals surface area contributed by atoms with Crippen LogP contribution in [0.5, 0.6) is 11.5 Å². The number of aromatic nitrogens is 2. The van der Waals surface area contributed by atoms with E-state index in [9.17, 15) is 8.42 Å². The van der Waals surface area contributed by atoms with Crippen LogP contribution in [-0.4, -0.2) is 32.3 Å². The monoisotopic (exact) mass is 488 g/mol. The van der Waals surface area contributed by atoms with Gasteiger partial charge in [0.1, 0.15) is 11.5 Å². The normalized spacial score (nSPS) is 11.5. The van der Waals surface area contributed by atoms with Crippen molar-refractivity contribution >= 4 is 21.4 Å². The van der Waals surface area contributed by atoms with Crippen molar-refractivity contribution in [2.75, 3.05) is 13.7 Å². The van der Waals surface area contributed by atoms with E-state index in [0.717, 1.165) is 5.56 Å². The molecule has 0 saturated heterocycles. The van der Waals surface area contributed by atoms with Gasteiger partial charge >= 0.3 is 0 Å². The first kappa shape index (κ1) is 22.9. The van der Waals surface area contributed by atoms with Crippen molar-refractivity contribution in [1.82, 2.24) is 10.1 Å². The molecule has 0 atom stereocenters. The summed E-state index contributed by atoms with van der Waals surface area (Å²) in [5.41, 5.74) is 1.46. The number of furan rings is 1. The molecular weight excluding hydrogens is 468 g/mol. The Balaban J connectivity index is 1.55. The zero-order chi connectivity index (χ0) is 23.6. The summed E-state index contributed by atoms with van der Waals surface area (Å²) in [7, 11) is -2.10. The molecule has 0 aliphatic heterocycles. The largest absolute Gasteiger partial charge is 0.493 e. The topological polar surface area (TPSA) is 105 Å². The van der Waals surface area contributed by atoms with Gasteiger partial charge in [0.05, 0.1) is 18.6 Å². The van der Waals surface area contributed by atoms with Gasteiger partial charge in [0.15, 0.2) is 27.1 Å². The van der Waals surface area contributed by atoms with Gasteiger partial charge in [-0.25, -0.2) is 8.42 Å². The molecule has 4 rings (SSSR count). The minimum absolute atomic E-state index is 0.125. The smallest absolute Gasteiger partial charge is 0.293 e. The fourth-order valence-corrected chi connectivity index (χ4v) is 4.64. The van der Waals surface area contributed by atoms with Crippen LogP contribution in [0.3, 0.4) is 0 Å². The van der Waals surface area contributed by atoms with Crippen molar-refractivity contribution < 1.29 is 26.8 Å². The van der Waals surface area contributed by atoms with E-state index < -0.39 is 9.84 Å². The maximum Gasteiger partial charge on any atom is 0.293 e. The van der Waals surface area contributed by atoms with Gasteiger partial charge in [-0.1, -0.05) is 22.8 Å². The van der Waals surface area contributed by atoms with Crippen molar-refractivity contribution in [3.63, 3.8) is 0 Å². The minimum Gasteiger partial charge on any atom is -0.493 e. The van der Waals surface area contributed by atoms with Crippen molar-refractivity contribution in [1.29, 1.82) is 0 Å². The molecule has 0 aliphatic rings. The van der Waals surface area contributed by atoms with Gasteiger partial charge in [-0.2, -0.15) is 4.98 Å². The molecule has 0 saturated carbocycles. The fraction of sp³-hybridized carbons (Fsp3) is 0.217. The van der Waals surface area contributed by atoms with Crippen molar-refractivity contribution in [3.8, 4) is 34.5 Å². The van der Waals surface area contributed by atoms with Gasteiger partial charge in [-0.05, 0) is 61.9 Å². The molecule has 0 fully saturated rings. The molecule has 0 amide bonds. The van der Waals surface area contributed by atoms with Crippen LogP contribution in [0.1, 0.15) is 18.2 Å². The van der Waals surface area contributed by atoms with E-state index in [1.807, 2.05) is 6.92 Å². The fourth-order valence-electron chi connectivity index (χ4n) is 3.13. The molecule has 0 unspecified atom stereocenters. The van der Waals surface area contributed by atoms with E-state index in [1.165, 1.54) is 12.1 Å². The van der Waals surface area contributed by atoms with Crippen LogP contribution in [0.2, 0.25) is 5.02 Å². The van der Waals surface area contributed by atoms with Crippen molar-refractivity contribution in [2.24, 2.45) is 0 Å². The Morgan fingerprint density at radius 3 is 2.61 bits per heavy atom. The minimum atomic E-state index is -3.65. The van der Waals surface area contributed by atoms with Crippen molar-refractivity contribution in [2.45, 2.75) is 24.5 Å². The Kier molecular flexibility index (Phi) is 6.44. The summed E-state index contributed by atoms with van der Waals surface area (Å²) in [5.74, 6) is 1.78. The van der Waals surface area contributed by atoms with Gasteiger partial charge in [0, 0.05) is 10.6 Å². The number of aryl methyl sites for hydroxylation is 1. The number of halogens is 1. The Hall–Kier alpha value is -3.30. The van der Waals surface area contributed by atoms with Crippen LogP contribution in [0.25, 0.3) is 23.0 Å². The molecule has 0 spiro atoms. The van der Waals surface area contributed by atoms with E-state index >= 15 is 0 Å². The number of sulfone groups is 1. The summed E-state index contributed by atoms with van der Waals surface area (Å²) in [5, 5.41) is 4.38. The highest BCUT2D eigenvalue weighted by Crippen LogP contribution is 2.33. The van der Waals surface area contributed by atoms with Crippen LogP contribution in [-0.2, 0) is 15.6 Å². The molecule has 2 aromatic heterocycles. The van der Waals surface area contributed by atoms with E-state index in [4.69, 9.17) is 30.0 Å². The number of hydrogen-bond donors (Lipinski definition) is 0. The summed E-state index contributed by atoms with van der Waals surface area (Å²) in [4.78, 5) is 4.48. The highest BCUT2D eigenvalue weighted by atomic mass is 35.5. The molecule has 0 bridgehead atoms. The SMILES string of the molecule is CCOc1ccc(-c2noc(-c3ccc(CS(=O)(=O)c4ccc(C)c(Cl)c4)o3)n2)cc1OC. The third-order valence-corrected chi connectivity index (χ3v) is 6.90. The molecular formula is C23H21ClN2O6S. The van der Waals surface area contributed by atoms with E-state index in [-0.39, 0.29) is 28.1 Å². The lowest BCUT2D eigenvalue weighted by Gasteiger charge is -2.09. The summed E-state index contributed by atoms with van der Waals surface area (Å²) < 4.78 is 47.4.